The SMILES string of the molecule is CC(CCN)SCc1nc(-c2ccco2)no1. The first-order valence-corrected chi connectivity index (χ1v) is 6.52. The van der Waals surface area contributed by atoms with E-state index < -0.39 is 0 Å². The molecule has 6 heteroatoms. The third-order valence-electron chi connectivity index (χ3n) is 2.27. The minimum absolute atomic E-state index is 0.497. The zero-order valence-electron chi connectivity index (χ0n) is 9.63. The second kappa shape index (κ2) is 5.88. The van der Waals surface area contributed by atoms with Crippen molar-refractivity contribution < 1.29 is 8.94 Å². The standard InChI is InChI=1S/C11H15N3O2S/c1-8(4-5-12)17-7-10-13-11(14-16-10)9-3-2-6-15-9/h2-3,6,8H,4-5,7,12H2,1H3. The van der Waals surface area contributed by atoms with Crippen LogP contribution in [0, 0.1) is 0 Å². The molecule has 0 saturated carbocycles. The lowest BCUT2D eigenvalue weighted by Crippen LogP contribution is -2.07. The molecule has 0 spiro atoms. The molecule has 0 amide bonds. The molecule has 0 fully saturated rings. The van der Waals surface area contributed by atoms with E-state index in [2.05, 4.69) is 17.1 Å². The fourth-order valence-corrected chi connectivity index (χ4v) is 2.20. The van der Waals surface area contributed by atoms with E-state index in [9.17, 15) is 0 Å². The highest BCUT2D eigenvalue weighted by Crippen LogP contribution is 2.21. The Morgan fingerprint density at radius 2 is 2.41 bits per heavy atom. The third kappa shape index (κ3) is 3.34. The summed E-state index contributed by atoms with van der Waals surface area (Å²) >= 11 is 1.76. The quantitative estimate of drug-likeness (QED) is 0.851. The summed E-state index contributed by atoms with van der Waals surface area (Å²) in [7, 11) is 0. The first-order chi connectivity index (χ1) is 8.29. The summed E-state index contributed by atoms with van der Waals surface area (Å²) < 4.78 is 10.3. The summed E-state index contributed by atoms with van der Waals surface area (Å²) in [5.41, 5.74) is 5.49. The Labute approximate surface area is 104 Å². The Bertz CT molecular complexity index is 441. The largest absolute Gasteiger partial charge is 0.461 e. The monoisotopic (exact) mass is 253 g/mol. The van der Waals surface area contributed by atoms with Gasteiger partial charge in [0.05, 0.1) is 12.0 Å². The van der Waals surface area contributed by atoms with Crippen LogP contribution in [0.1, 0.15) is 19.2 Å². The molecule has 0 aliphatic heterocycles. The van der Waals surface area contributed by atoms with Crippen LogP contribution in [-0.2, 0) is 5.75 Å². The van der Waals surface area contributed by atoms with Crippen LogP contribution in [0.25, 0.3) is 11.6 Å². The van der Waals surface area contributed by atoms with Crippen molar-refractivity contribution in [3.63, 3.8) is 0 Å². The zero-order chi connectivity index (χ0) is 12.1. The predicted molar refractivity (Wildman–Crippen MR) is 66.4 cm³/mol. The van der Waals surface area contributed by atoms with Gasteiger partial charge in [-0.2, -0.15) is 4.98 Å². The second-order valence-corrected chi connectivity index (χ2v) is 5.11. The van der Waals surface area contributed by atoms with Crippen molar-refractivity contribution in [1.82, 2.24) is 10.1 Å². The normalized spacial score (nSPS) is 12.8. The first kappa shape index (κ1) is 12.2. The lowest BCUT2D eigenvalue weighted by Gasteiger charge is -2.06. The maximum atomic E-state index is 5.49. The summed E-state index contributed by atoms with van der Waals surface area (Å²) in [6, 6.07) is 3.60. The van der Waals surface area contributed by atoms with E-state index in [4.69, 9.17) is 14.7 Å². The molecular weight excluding hydrogens is 238 g/mol. The lowest BCUT2D eigenvalue weighted by molar-refractivity contribution is 0.390. The van der Waals surface area contributed by atoms with Gasteiger partial charge in [0, 0.05) is 5.25 Å². The lowest BCUT2D eigenvalue weighted by atomic mass is 10.3. The van der Waals surface area contributed by atoms with Crippen LogP contribution in [0.4, 0.5) is 0 Å². The van der Waals surface area contributed by atoms with Crippen molar-refractivity contribution >= 4 is 11.8 Å². The number of rotatable bonds is 6. The molecule has 1 atom stereocenters. The molecule has 0 aliphatic carbocycles. The minimum Gasteiger partial charge on any atom is -0.461 e. The molecule has 0 aliphatic rings. The molecule has 5 nitrogen and oxygen atoms in total. The van der Waals surface area contributed by atoms with Gasteiger partial charge in [0.15, 0.2) is 5.76 Å². The van der Waals surface area contributed by atoms with E-state index in [0.29, 0.717) is 35.0 Å². The number of nitrogens with zero attached hydrogens (tertiary/aromatic N) is 2. The molecule has 2 N–H and O–H groups in total. The Hall–Kier alpha value is -1.27. The maximum Gasteiger partial charge on any atom is 0.238 e. The molecule has 17 heavy (non-hydrogen) atoms. The molecule has 2 aromatic heterocycles. The Morgan fingerprint density at radius 1 is 1.53 bits per heavy atom. The van der Waals surface area contributed by atoms with E-state index >= 15 is 0 Å². The average molecular weight is 253 g/mol. The number of thioether (sulfide) groups is 1. The van der Waals surface area contributed by atoms with Crippen LogP contribution in [0.15, 0.2) is 27.3 Å². The zero-order valence-corrected chi connectivity index (χ0v) is 10.4. The molecule has 0 aromatic carbocycles. The molecule has 0 radical (unpaired) electrons. The number of nitrogens with two attached hydrogens (primary N) is 1. The van der Waals surface area contributed by atoms with Gasteiger partial charge in [0.1, 0.15) is 0 Å². The number of hydrogen-bond acceptors (Lipinski definition) is 6. The number of hydrogen-bond donors (Lipinski definition) is 1. The van der Waals surface area contributed by atoms with Crippen molar-refractivity contribution in [2.45, 2.75) is 24.3 Å². The summed E-state index contributed by atoms with van der Waals surface area (Å²) in [4.78, 5) is 4.26. The summed E-state index contributed by atoms with van der Waals surface area (Å²) in [6.07, 6.45) is 2.58. The van der Waals surface area contributed by atoms with Gasteiger partial charge in [-0.3, -0.25) is 0 Å². The average Bonchev–Trinajstić information content (AvgIpc) is 2.97. The Kier molecular flexibility index (Phi) is 4.22. The van der Waals surface area contributed by atoms with Gasteiger partial charge < -0.3 is 14.7 Å². The van der Waals surface area contributed by atoms with Gasteiger partial charge in [-0.1, -0.05) is 12.1 Å². The van der Waals surface area contributed by atoms with Crippen molar-refractivity contribution in [3.8, 4) is 11.6 Å². The van der Waals surface area contributed by atoms with Gasteiger partial charge >= 0.3 is 0 Å². The topological polar surface area (TPSA) is 78.1 Å². The summed E-state index contributed by atoms with van der Waals surface area (Å²) in [6.45, 7) is 2.84. The highest BCUT2D eigenvalue weighted by molar-refractivity contribution is 7.99. The molecule has 0 saturated heterocycles. The highest BCUT2D eigenvalue weighted by Gasteiger charge is 2.11. The maximum absolute atomic E-state index is 5.49. The van der Waals surface area contributed by atoms with E-state index in [-0.39, 0.29) is 0 Å². The molecule has 0 bridgehead atoms. The van der Waals surface area contributed by atoms with Gasteiger partial charge in [-0.05, 0) is 25.1 Å². The van der Waals surface area contributed by atoms with Crippen LogP contribution < -0.4 is 5.73 Å². The van der Waals surface area contributed by atoms with E-state index in [1.807, 2.05) is 0 Å². The van der Waals surface area contributed by atoms with E-state index in [1.54, 1.807) is 30.2 Å². The van der Waals surface area contributed by atoms with Gasteiger partial charge in [0.2, 0.25) is 11.7 Å². The van der Waals surface area contributed by atoms with E-state index in [0.717, 1.165) is 6.42 Å². The third-order valence-corrected chi connectivity index (χ3v) is 3.49. The predicted octanol–water partition coefficient (Wildman–Crippen LogP) is 2.30. The van der Waals surface area contributed by atoms with Crippen LogP contribution in [0.5, 0.6) is 0 Å². The summed E-state index contributed by atoms with van der Waals surface area (Å²) in [5, 5.41) is 4.36. The first-order valence-electron chi connectivity index (χ1n) is 5.47. The number of furan rings is 1. The van der Waals surface area contributed by atoms with Crippen LogP contribution in [-0.4, -0.2) is 21.9 Å². The highest BCUT2D eigenvalue weighted by atomic mass is 32.2. The van der Waals surface area contributed by atoms with Gasteiger partial charge in [-0.15, -0.1) is 11.8 Å². The van der Waals surface area contributed by atoms with Gasteiger partial charge in [-0.25, -0.2) is 0 Å². The molecule has 2 aromatic rings. The van der Waals surface area contributed by atoms with Crippen molar-refractivity contribution in [2.75, 3.05) is 6.54 Å². The van der Waals surface area contributed by atoms with Crippen LogP contribution >= 0.6 is 11.8 Å². The Balaban J connectivity index is 1.91. The van der Waals surface area contributed by atoms with Crippen molar-refractivity contribution in [1.29, 1.82) is 0 Å². The molecule has 92 valence electrons. The summed E-state index contributed by atoms with van der Waals surface area (Å²) in [5.74, 6) is 2.44. The smallest absolute Gasteiger partial charge is 0.238 e. The molecular formula is C11H15N3O2S. The van der Waals surface area contributed by atoms with Crippen LogP contribution in [0.2, 0.25) is 0 Å². The van der Waals surface area contributed by atoms with Gasteiger partial charge in [0.25, 0.3) is 0 Å². The molecule has 2 rings (SSSR count). The fraction of sp³-hybridized carbons (Fsp3) is 0.455. The number of aromatic nitrogens is 2. The van der Waals surface area contributed by atoms with Crippen molar-refractivity contribution in [3.05, 3.63) is 24.3 Å². The van der Waals surface area contributed by atoms with Crippen LogP contribution in [0.3, 0.4) is 0 Å². The molecule has 2 heterocycles. The molecule has 1 unspecified atom stereocenters. The minimum atomic E-state index is 0.497. The fourth-order valence-electron chi connectivity index (χ4n) is 1.35. The van der Waals surface area contributed by atoms with E-state index in [1.165, 1.54) is 0 Å². The second-order valence-electron chi connectivity index (χ2n) is 3.69. The van der Waals surface area contributed by atoms with Crippen molar-refractivity contribution in [2.24, 2.45) is 5.73 Å². The Morgan fingerprint density at radius 3 is 3.12 bits per heavy atom.